The molecule has 2 N–H and O–H groups in total. The van der Waals surface area contributed by atoms with Gasteiger partial charge in [0, 0.05) is 24.0 Å². The third-order valence-electron chi connectivity index (χ3n) is 5.46. The van der Waals surface area contributed by atoms with Crippen molar-refractivity contribution in [2.24, 2.45) is 5.92 Å². The maximum absolute atomic E-state index is 10.4. The fourth-order valence-electron chi connectivity index (χ4n) is 3.84. The molecule has 0 aromatic carbocycles. The fraction of sp³-hybridized carbons (Fsp3) is 0.476. The largest absolute Gasteiger partial charge is 0.386 e. The van der Waals surface area contributed by atoms with E-state index in [2.05, 4.69) is 22.2 Å². The van der Waals surface area contributed by atoms with Crippen LogP contribution in [0.5, 0.6) is 0 Å². The smallest absolute Gasteiger partial charge is 0.223 e. The molecule has 6 heteroatoms. The molecule has 0 saturated heterocycles. The molecule has 1 aliphatic carbocycles. The molecule has 0 spiro atoms. The predicted molar refractivity (Wildman–Crippen MR) is 107 cm³/mol. The highest BCUT2D eigenvalue weighted by atomic mass is 16.3. The van der Waals surface area contributed by atoms with Crippen molar-refractivity contribution >= 4 is 11.6 Å². The van der Waals surface area contributed by atoms with Crippen LogP contribution < -0.4 is 5.32 Å². The third kappa shape index (κ3) is 3.67. The van der Waals surface area contributed by atoms with E-state index >= 15 is 0 Å². The van der Waals surface area contributed by atoms with Crippen molar-refractivity contribution in [3.05, 3.63) is 42.4 Å². The van der Waals surface area contributed by atoms with Crippen LogP contribution in [-0.4, -0.2) is 30.5 Å². The van der Waals surface area contributed by atoms with Gasteiger partial charge in [0.05, 0.1) is 23.2 Å². The summed E-state index contributed by atoms with van der Waals surface area (Å²) in [7, 11) is 0. The molecule has 0 unspecified atom stereocenters. The minimum atomic E-state index is -0.957. The molecule has 3 heterocycles. The first-order valence-corrected chi connectivity index (χ1v) is 9.70. The van der Waals surface area contributed by atoms with Crippen LogP contribution in [0.1, 0.15) is 52.0 Å². The highest BCUT2D eigenvalue weighted by Crippen LogP contribution is 2.28. The first-order valence-electron chi connectivity index (χ1n) is 9.70. The Morgan fingerprint density at radius 3 is 2.67 bits per heavy atom. The summed E-state index contributed by atoms with van der Waals surface area (Å²) in [6, 6.07) is 6.17. The van der Waals surface area contributed by atoms with Gasteiger partial charge < -0.3 is 10.4 Å². The van der Waals surface area contributed by atoms with Crippen LogP contribution in [0.3, 0.4) is 0 Å². The fourth-order valence-corrected chi connectivity index (χ4v) is 3.84. The molecule has 0 bridgehead atoms. The first-order chi connectivity index (χ1) is 12.9. The van der Waals surface area contributed by atoms with Gasteiger partial charge in [-0.3, -0.25) is 4.40 Å². The van der Waals surface area contributed by atoms with E-state index in [1.54, 1.807) is 26.2 Å². The Morgan fingerprint density at radius 1 is 1.15 bits per heavy atom. The van der Waals surface area contributed by atoms with E-state index in [-0.39, 0.29) is 0 Å². The summed E-state index contributed by atoms with van der Waals surface area (Å²) < 4.78 is 1.97. The van der Waals surface area contributed by atoms with Crippen molar-refractivity contribution in [1.29, 1.82) is 0 Å². The second kappa shape index (κ2) is 6.93. The van der Waals surface area contributed by atoms with Gasteiger partial charge in [0.25, 0.3) is 0 Å². The number of anilines is 1. The number of hydrogen-bond acceptors (Lipinski definition) is 5. The second-order valence-electron chi connectivity index (χ2n) is 8.18. The second-order valence-corrected chi connectivity index (χ2v) is 8.18. The molecule has 0 amide bonds. The number of nitrogens with zero attached hydrogens (tertiary/aromatic N) is 4. The van der Waals surface area contributed by atoms with Crippen LogP contribution in [0.4, 0.5) is 5.95 Å². The van der Waals surface area contributed by atoms with Crippen LogP contribution in [-0.2, 0) is 5.60 Å². The van der Waals surface area contributed by atoms with E-state index in [0.717, 1.165) is 28.5 Å². The Hall–Kier alpha value is -2.47. The molecule has 0 atom stereocenters. The Balaban J connectivity index is 1.64. The summed E-state index contributed by atoms with van der Waals surface area (Å²) in [4.78, 5) is 13.7. The Morgan fingerprint density at radius 2 is 1.93 bits per heavy atom. The van der Waals surface area contributed by atoms with Crippen molar-refractivity contribution in [2.75, 3.05) is 5.32 Å². The summed E-state index contributed by atoms with van der Waals surface area (Å²) in [5.41, 5.74) is 2.28. The molecule has 4 rings (SSSR count). The van der Waals surface area contributed by atoms with E-state index in [9.17, 15) is 5.11 Å². The highest BCUT2D eigenvalue weighted by Gasteiger charge is 2.22. The molecular weight excluding hydrogens is 338 g/mol. The molecule has 3 aromatic heterocycles. The zero-order valence-electron chi connectivity index (χ0n) is 16.2. The molecule has 1 aliphatic rings. The Kier molecular flexibility index (Phi) is 4.60. The van der Waals surface area contributed by atoms with Gasteiger partial charge in [-0.25, -0.2) is 15.0 Å². The van der Waals surface area contributed by atoms with Gasteiger partial charge in [0.2, 0.25) is 5.95 Å². The number of rotatable bonds is 4. The normalized spacial score (nSPS) is 20.7. The molecule has 1 fully saturated rings. The van der Waals surface area contributed by atoms with Gasteiger partial charge in [-0.2, -0.15) is 0 Å². The van der Waals surface area contributed by atoms with Crippen LogP contribution in [0.2, 0.25) is 0 Å². The van der Waals surface area contributed by atoms with Gasteiger partial charge in [-0.15, -0.1) is 0 Å². The van der Waals surface area contributed by atoms with Gasteiger partial charge >= 0.3 is 0 Å². The molecule has 142 valence electrons. The zero-order chi connectivity index (χ0) is 19.0. The van der Waals surface area contributed by atoms with Crippen LogP contribution in [0, 0.1) is 5.92 Å². The number of aromatic nitrogens is 4. The van der Waals surface area contributed by atoms with Crippen molar-refractivity contribution in [2.45, 2.75) is 58.1 Å². The van der Waals surface area contributed by atoms with Crippen molar-refractivity contribution in [3.63, 3.8) is 0 Å². The van der Waals surface area contributed by atoms with Gasteiger partial charge in [-0.1, -0.05) is 13.0 Å². The number of aliphatic hydroxyl groups is 1. The number of nitrogens with one attached hydrogen (secondary N) is 1. The standard InChI is InChI=1S/C21H27N5O/c1-14-6-8-15(9-7-14)24-20-22-11-10-17(25-20)18-13-23-19-16(21(2,3)27)5-4-12-26(18)19/h4-5,10-15,27H,6-9H2,1-3H3,(H,22,24,25). The van der Waals surface area contributed by atoms with E-state index < -0.39 is 5.60 Å². The molecule has 0 aliphatic heterocycles. The molecular formula is C21H27N5O. The van der Waals surface area contributed by atoms with E-state index in [1.165, 1.54) is 25.7 Å². The Labute approximate surface area is 159 Å². The van der Waals surface area contributed by atoms with E-state index in [0.29, 0.717) is 12.0 Å². The lowest BCUT2D eigenvalue weighted by atomic mass is 9.87. The minimum absolute atomic E-state index is 0.445. The molecule has 0 radical (unpaired) electrons. The predicted octanol–water partition coefficient (Wildman–Crippen LogP) is 4.01. The van der Waals surface area contributed by atoms with Crippen molar-refractivity contribution in [3.8, 4) is 11.4 Å². The van der Waals surface area contributed by atoms with E-state index in [1.807, 2.05) is 28.8 Å². The maximum Gasteiger partial charge on any atom is 0.223 e. The van der Waals surface area contributed by atoms with Crippen LogP contribution in [0.25, 0.3) is 17.0 Å². The average molecular weight is 365 g/mol. The summed E-state index contributed by atoms with van der Waals surface area (Å²) in [6.07, 6.45) is 10.4. The molecule has 3 aromatic rings. The quantitative estimate of drug-likeness (QED) is 0.731. The highest BCUT2D eigenvalue weighted by molar-refractivity contribution is 5.63. The molecule has 27 heavy (non-hydrogen) atoms. The van der Waals surface area contributed by atoms with Gasteiger partial charge in [-0.05, 0) is 57.6 Å². The minimum Gasteiger partial charge on any atom is -0.386 e. The lowest BCUT2D eigenvalue weighted by Gasteiger charge is -2.26. The summed E-state index contributed by atoms with van der Waals surface area (Å²) in [5, 5.41) is 13.9. The summed E-state index contributed by atoms with van der Waals surface area (Å²) >= 11 is 0. The third-order valence-corrected chi connectivity index (χ3v) is 5.46. The van der Waals surface area contributed by atoms with Crippen molar-refractivity contribution in [1.82, 2.24) is 19.4 Å². The summed E-state index contributed by atoms with van der Waals surface area (Å²) in [5.74, 6) is 1.49. The lowest BCUT2D eigenvalue weighted by Crippen LogP contribution is -2.26. The monoisotopic (exact) mass is 365 g/mol. The van der Waals surface area contributed by atoms with Crippen LogP contribution >= 0.6 is 0 Å². The topological polar surface area (TPSA) is 75.3 Å². The Bertz CT molecular complexity index is 935. The first kappa shape index (κ1) is 17.9. The average Bonchev–Trinajstić information content (AvgIpc) is 3.07. The van der Waals surface area contributed by atoms with Crippen molar-refractivity contribution < 1.29 is 5.11 Å². The maximum atomic E-state index is 10.4. The summed E-state index contributed by atoms with van der Waals surface area (Å²) in [6.45, 7) is 5.86. The number of hydrogen-bond donors (Lipinski definition) is 2. The van der Waals surface area contributed by atoms with Crippen LogP contribution in [0.15, 0.2) is 36.8 Å². The number of imidazole rings is 1. The molecule has 1 saturated carbocycles. The van der Waals surface area contributed by atoms with E-state index in [4.69, 9.17) is 4.98 Å². The van der Waals surface area contributed by atoms with Gasteiger partial charge in [0.1, 0.15) is 5.65 Å². The lowest BCUT2D eigenvalue weighted by molar-refractivity contribution is 0.0796. The zero-order valence-corrected chi connectivity index (χ0v) is 16.2. The van der Waals surface area contributed by atoms with Gasteiger partial charge in [0.15, 0.2) is 0 Å². The number of fused-ring (bicyclic) bond motifs is 1. The SMILES string of the molecule is CC1CCC(Nc2nccc(-c3cnc4c(C(C)(C)O)cccn34)n2)CC1. The number of pyridine rings is 1. The molecule has 6 nitrogen and oxygen atoms in total.